The summed E-state index contributed by atoms with van der Waals surface area (Å²) < 4.78 is 13.3. The van der Waals surface area contributed by atoms with Gasteiger partial charge in [0.25, 0.3) is 0 Å². The minimum atomic E-state index is -0.848. The standard InChI is InChI=1S/C15H19FN2O3/c1-9-2-5-11(8-12(9)16)18-15(21)14(20)17-7-6-13(19)10-3-4-10/h2,5,8,10,13,19H,3-4,6-7H2,1H3,(H,17,20)(H,18,21)/t13-/m1/s1. The largest absolute Gasteiger partial charge is 0.393 e. The molecule has 1 aliphatic carbocycles. The monoisotopic (exact) mass is 294 g/mol. The molecule has 1 atom stereocenters. The highest BCUT2D eigenvalue weighted by Crippen LogP contribution is 2.33. The summed E-state index contributed by atoms with van der Waals surface area (Å²) in [7, 11) is 0. The fraction of sp³-hybridized carbons (Fsp3) is 0.467. The van der Waals surface area contributed by atoms with E-state index in [1.807, 2.05) is 0 Å². The van der Waals surface area contributed by atoms with E-state index < -0.39 is 23.7 Å². The Morgan fingerprint density at radius 3 is 2.71 bits per heavy atom. The van der Waals surface area contributed by atoms with Crippen molar-refractivity contribution in [2.45, 2.75) is 32.3 Å². The van der Waals surface area contributed by atoms with Gasteiger partial charge in [0.15, 0.2) is 0 Å². The van der Waals surface area contributed by atoms with Gasteiger partial charge in [-0.2, -0.15) is 0 Å². The highest BCUT2D eigenvalue weighted by atomic mass is 19.1. The molecule has 0 spiro atoms. The summed E-state index contributed by atoms with van der Waals surface area (Å²) in [4.78, 5) is 23.2. The van der Waals surface area contributed by atoms with Crippen molar-refractivity contribution in [3.63, 3.8) is 0 Å². The zero-order chi connectivity index (χ0) is 15.4. The van der Waals surface area contributed by atoms with Gasteiger partial charge in [-0.1, -0.05) is 6.07 Å². The van der Waals surface area contributed by atoms with Crippen LogP contribution in [0, 0.1) is 18.7 Å². The zero-order valence-electron chi connectivity index (χ0n) is 11.9. The summed E-state index contributed by atoms with van der Waals surface area (Å²) in [6.45, 7) is 1.85. The van der Waals surface area contributed by atoms with Crippen LogP contribution in [0.5, 0.6) is 0 Å². The SMILES string of the molecule is Cc1ccc(NC(=O)C(=O)NCC[C@@H](O)C2CC2)cc1F. The Kier molecular flexibility index (Phi) is 4.90. The van der Waals surface area contributed by atoms with Crippen LogP contribution < -0.4 is 10.6 Å². The number of carbonyl (C=O) groups excluding carboxylic acids is 2. The number of aryl methyl sites for hydroxylation is 1. The van der Waals surface area contributed by atoms with Gasteiger partial charge in [-0.05, 0) is 49.8 Å². The Bertz CT molecular complexity index is 544. The van der Waals surface area contributed by atoms with Crippen LogP contribution in [0.3, 0.4) is 0 Å². The predicted molar refractivity (Wildman–Crippen MR) is 76.1 cm³/mol. The van der Waals surface area contributed by atoms with Crippen molar-refractivity contribution < 1.29 is 19.1 Å². The maximum absolute atomic E-state index is 13.3. The molecule has 1 aliphatic rings. The number of anilines is 1. The lowest BCUT2D eigenvalue weighted by Crippen LogP contribution is -2.37. The summed E-state index contributed by atoms with van der Waals surface area (Å²) in [5.74, 6) is -1.75. The van der Waals surface area contributed by atoms with E-state index in [4.69, 9.17) is 0 Å². The van der Waals surface area contributed by atoms with Gasteiger partial charge in [-0.3, -0.25) is 9.59 Å². The highest BCUT2D eigenvalue weighted by molar-refractivity contribution is 6.39. The van der Waals surface area contributed by atoms with E-state index >= 15 is 0 Å². The predicted octanol–water partition coefficient (Wildman–Crippen LogP) is 1.35. The molecular formula is C15H19FN2O3. The maximum atomic E-state index is 13.3. The Balaban J connectivity index is 1.76. The van der Waals surface area contributed by atoms with Crippen LogP contribution in [0.2, 0.25) is 0 Å². The van der Waals surface area contributed by atoms with Gasteiger partial charge in [0.1, 0.15) is 5.82 Å². The van der Waals surface area contributed by atoms with Gasteiger partial charge >= 0.3 is 11.8 Å². The zero-order valence-corrected chi connectivity index (χ0v) is 11.9. The number of nitrogens with one attached hydrogen (secondary N) is 2. The molecule has 3 N–H and O–H groups in total. The van der Waals surface area contributed by atoms with Crippen LogP contribution >= 0.6 is 0 Å². The first-order chi connectivity index (χ1) is 9.97. The van der Waals surface area contributed by atoms with Crippen LogP contribution in [0.25, 0.3) is 0 Å². The second kappa shape index (κ2) is 6.67. The third-order valence-electron chi connectivity index (χ3n) is 3.53. The molecule has 6 heteroatoms. The van der Waals surface area contributed by atoms with Crippen molar-refractivity contribution in [3.05, 3.63) is 29.6 Å². The number of benzene rings is 1. The second-order valence-corrected chi connectivity index (χ2v) is 5.37. The number of rotatable bonds is 5. The first-order valence-electron chi connectivity index (χ1n) is 7.01. The molecule has 1 fully saturated rings. The van der Waals surface area contributed by atoms with Crippen LogP contribution in [0.1, 0.15) is 24.8 Å². The number of hydrogen-bond donors (Lipinski definition) is 3. The molecule has 1 saturated carbocycles. The third kappa shape index (κ3) is 4.53. The molecule has 0 bridgehead atoms. The molecule has 0 unspecified atom stereocenters. The molecule has 21 heavy (non-hydrogen) atoms. The molecular weight excluding hydrogens is 275 g/mol. The first-order valence-corrected chi connectivity index (χ1v) is 7.01. The number of carbonyl (C=O) groups is 2. The van der Waals surface area contributed by atoms with Crippen molar-refractivity contribution in [1.29, 1.82) is 0 Å². The molecule has 1 aromatic rings. The molecule has 2 rings (SSSR count). The van der Waals surface area contributed by atoms with Crippen LogP contribution in [0.4, 0.5) is 10.1 Å². The van der Waals surface area contributed by atoms with Crippen molar-refractivity contribution >= 4 is 17.5 Å². The Morgan fingerprint density at radius 2 is 2.10 bits per heavy atom. The van der Waals surface area contributed by atoms with E-state index in [-0.39, 0.29) is 12.2 Å². The first kappa shape index (κ1) is 15.4. The lowest BCUT2D eigenvalue weighted by Gasteiger charge is -2.10. The topological polar surface area (TPSA) is 78.4 Å². The van der Waals surface area contributed by atoms with Crippen molar-refractivity contribution in [1.82, 2.24) is 5.32 Å². The molecule has 0 aromatic heterocycles. The minimum Gasteiger partial charge on any atom is -0.393 e. The van der Waals surface area contributed by atoms with Crippen molar-refractivity contribution in [2.24, 2.45) is 5.92 Å². The molecule has 5 nitrogen and oxygen atoms in total. The maximum Gasteiger partial charge on any atom is 0.313 e. The van der Waals surface area contributed by atoms with Crippen LogP contribution in [-0.2, 0) is 9.59 Å². The molecule has 0 saturated heterocycles. The molecule has 0 aliphatic heterocycles. The fourth-order valence-electron chi connectivity index (χ4n) is 1.99. The Labute approximate surface area is 122 Å². The van der Waals surface area contributed by atoms with E-state index in [0.717, 1.165) is 18.9 Å². The van der Waals surface area contributed by atoms with Crippen LogP contribution in [0.15, 0.2) is 18.2 Å². The van der Waals surface area contributed by atoms with E-state index in [9.17, 15) is 19.1 Å². The van der Waals surface area contributed by atoms with Gasteiger partial charge in [0.2, 0.25) is 0 Å². The number of aliphatic hydroxyl groups is 1. The Morgan fingerprint density at radius 1 is 1.38 bits per heavy atom. The quantitative estimate of drug-likeness (QED) is 0.717. The normalized spacial score (nSPS) is 15.4. The Hall–Kier alpha value is -1.95. The van der Waals surface area contributed by atoms with Gasteiger partial charge in [-0.25, -0.2) is 4.39 Å². The summed E-state index contributed by atoms with van der Waals surface area (Å²) in [5.41, 5.74) is 0.697. The number of amides is 2. The van der Waals surface area contributed by atoms with Gasteiger partial charge < -0.3 is 15.7 Å². The summed E-state index contributed by atoms with van der Waals surface area (Å²) in [6.07, 6.45) is 2.06. The molecule has 2 amide bonds. The third-order valence-corrected chi connectivity index (χ3v) is 3.53. The van der Waals surface area contributed by atoms with Crippen LogP contribution in [-0.4, -0.2) is 29.6 Å². The second-order valence-electron chi connectivity index (χ2n) is 5.37. The average molecular weight is 294 g/mol. The lowest BCUT2D eigenvalue weighted by atomic mass is 10.1. The van der Waals surface area contributed by atoms with E-state index in [2.05, 4.69) is 10.6 Å². The van der Waals surface area contributed by atoms with Gasteiger partial charge in [0.05, 0.1) is 6.10 Å². The molecule has 1 aromatic carbocycles. The number of hydrogen-bond acceptors (Lipinski definition) is 3. The lowest BCUT2D eigenvalue weighted by molar-refractivity contribution is -0.136. The molecule has 0 heterocycles. The summed E-state index contributed by atoms with van der Waals surface area (Å²) >= 11 is 0. The molecule has 114 valence electrons. The van der Waals surface area contributed by atoms with E-state index in [0.29, 0.717) is 17.9 Å². The van der Waals surface area contributed by atoms with Gasteiger partial charge in [-0.15, -0.1) is 0 Å². The van der Waals surface area contributed by atoms with Crippen molar-refractivity contribution in [2.75, 3.05) is 11.9 Å². The smallest absolute Gasteiger partial charge is 0.313 e. The summed E-state index contributed by atoms with van der Waals surface area (Å²) in [6, 6.07) is 4.21. The summed E-state index contributed by atoms with van der Waals surface area (Å²) in [5, 5.41) is 14.4. The number of halogens is 1. The molecule has 0 radical (unpaired) electrons. The highest BCUT2D eigenvalue weighted by Gasteiger charge is 2.29. The van der Waals surface area contributed by atoms with Gasteiger partial charge in [0, 0.05) is 12.2 Å². The number of aliphatic hydroxyl groups excluding tert-OH is 1. The fourth-order valence-corrected chi connectivity index (χ4v) is 1.99. The van der Waals surface area contributed by atoms with E-state index in [1.165, 1.54) is 12.1 Å². The minimum absolute atomic E-state index is 0.233. The van der Waals surface area contributed by atoms with Crippen molar-refractivity contribution in [3.8, 4) is 0 Å². The van der Waals surface area contributed by atoms with E-state index in [1.54, 1.807) is 6.92 Å². The average Bonchev–Trinajstić information content (AvgIpc) is 3.27.